The summed E-state index contributed by atoms with van der Waals surface area (Å²) >= 11 is 6.10. The largest absolute Gasteiger partial charge is 0.433 e. The predicted molar refractivity (Wildman–Crippen MR) is 100 cm³/mol. The van der Waals surface area contributed by atoms with Gasteiger partial charge in [0.2, 0.25) is 0 Å². The summed E-state index contributed by atoms with van der Waals surface area (Å²) in [6.07, 6.45) is -4.90. The van der Waals surface area contributed by atoms with Crippen LogP contribution in [0, 0.1) is 5.82 Å². The fourth-order valence-electron chi connectivity index (χ4n) is 3.02. The molecule has 0 aliphatic rings. The Labute approximate surface area is 174 Å². The first-order valence-corrected chi connectivity index (χ1v) is 9.35. The predicted octanol–water partition coefficient (Wildman–Crippen LogP) is 4.93. The van der Waals surface area contributed by atoms with Crippen LogP contribution in [0.25, 0.3) is 22.6 Å². The third kappa shape index (κ3) is 4.35. The molecular formula is C19H18ClF4N3O3. The molecule has 0 radical (unpaired) electrons. The molecule has 6 nitrogen and oxygen atoms in total. The van der Waals surface area contributed by atoms with E-state index in [0.29, 0.717) is 4.68 Å². The van der Waals surface area contributed by atoms with E-state index in [0.717, 1.165) is 12.3 Å². The topological polar surface area (TPSA) is 73.3 Å². The fraction of sp³-hybridized carbons (Fsp3) is 0.368. The van der Waals surface area contributed by atoms with Crippen molar-refractivity contribution >= 4 is 11.6 Å². The minimum absolute atomic E-state index is 0.0217. The Hall–Kier alpha value is -2.43. The summed E-state index contributed by atoms with van der Waals surface area (Å²) in [6, 6.07) is 3.98. The number of halogens is 5. The molecule has 30 heavy (non-hydrogen) atoms. The molecule has 0 fully saturated rings. The van der Waals surface area contributed by atoms with Gasteiger partial charge in [0.05, 0.1) is 47.2 Å². The van der Waals surface area contributed by atoms with Crippen molar-refractivity contribution in [3.63, 3.8) is 0 Å². The molecule has 0 aliphatic heterocycles. The lowest BCUT2D eigenvalue weighted by Gasteiger charge is -2.13. The van der Waals surface area contributed by atoms with Crippen LogP contribution in [-0.4, -0.2) is 32.8 Å². The van der Waals surface area contributed by atoms with E-state index in [1.807, 2.05) is 0 Å². The van der Waals surface area contributed by atoms with Crippen LogP contribution < -0.4 is 0 Å². The zero-order chi connectivity index (χ0) is 22.1. The molecule has 1 aromatic carbocycles. The lowest BCUT2D eigenvalue weighted by Crippen LogP contribution is -2.21. The smallest absolute Gasteiger partial charge is 0.391 e. The van der Waals surface area contributed by atoms with Crippen LogP contribution in [-0.2, 0) is 24.1 Å². The van der Waals surface area contributed by atoms with Gasteiger partial charge in [0.1, 0.15) is 11.5 Å². The van der Waals surface area contributed by atoms with Gasteiger partial charge in [-0.2, -0.15) is 18.3 Å². The Kier molecular flexibility index (Phi) is 6.49. The van der Waals surface area contributed by atoms with Gasteiger partial charge >= 0.3 is 6.18 Å². The highest BCUT2D eigenvalue weighted by Gasteiger charge is 2.41. The number of aliphatic hydroxyl groups excluding tert-OH is 1. The quantitative estimate of drug-likeness (QED) is 0.520. The van der Waals surface area contributed by atoms with Crippen molar-refractivity contribution in [2.75, 3.05) is 6.61 Å². The summed E-state index contributed by atoms with van der Waals surface area (Å²) in [5.41, 5.74) is -1.58. The number of rotatable bonds is 7. The van der Waals surface area contributed by atoms with E-state index < -0.39 is 29.4 Å². The third-order valence-electron chi connectivity index (χ3n) is 4.23. The van der Waals surface area contributed by atoms with E-state index >= 15 is 0 Å². The Morgan fingerprint density at radius 3 is 2.67 bits per heavy atom. The number of aromatic nitrogens is 3. The van der Waals surface area contributed by atoms with Crippen molar-refractivity contribution < 1.29 is 31.9 Å². The van der Waals surface area contributed by atoms with Crippen LogP contribution in [0.15, 0.2) is 28.9 Å². The van der Waals surface area contributed by atoms with Crippen molar-refractivity contribution in [3.05, 3.63) is 46.5 Å². The van der Waals surface area contributed by atoms with Crippen LogP contribution in [0.1, 0.15) is 25.1 Å². The minimum Gasteiger partial charge on any atom is -0.391 e. The van der Waals surface area contributed by atoms with Crippen LogP contribution in [0.3, 0.4) is 0 Å². The highest BCUT2D eigenvalue weighted by Crippen LogP contribution is 2.42. The number of benzene rings is 1. The summed E-state index contributed by atoms with van der Waals surface area (Å²) in [4.78, 5) is 0. The Balaban J connectivity index is 2.23. The van der Waals surface area contributed by atoms with E-state index in [9.17, 15) is 22.7 Å². The molecule has 0 bridgehead atoms. The van der Waals surface area contributed by atoms with E-state index in [4.69, 9.17) is 20.9 Å². The van der Waals surface area contributed by atoms with Crippen molar-refractivity contribution in [1.82, 2.24) is 14.9 Å². The van der Waals surface area contributed by atoms with Crippen molar-refractivity contribution in [3.8, 4) is 22.6 Å². The summed E-state index contributed by atoms with van der Waals surface area (Å²) in [6.45, 7) is 2.73. The summed E-state index contributed by atoms with van der Waals surface area (Å²) in [5, 5.41) is 17.1. The Bertz CT molecular complexity index is 1010. The summed E-state index contributed by atoms with van der Waals surface area (Å²) in [7, 11) is 0. The highest BCUT2D eigenvalue weighted by atomic mass is 35.5. The number of ether oxygens (including phenoxy) is 1. The van der Waals surface area contributed by atoms with Gasteiger partial charge < -0.3 is 14.4 Å². The second kappa shape index (κ2) is 8.75. The molecule has 0 amide bonds. The third-order valence-corrected chi connectivity index (χ3v) is 4.54. The monoisotopic (exact) mass is 447 g/mol. The number of aliphatic hydroxyl groups is 1. The summed E-state index contributed by atoms with van der Waals surface area (Å²) in [5.74, 6) is -0.970. The van der Waals surface area contributed by atoms with Crippen LogP contribution in [0.5, 0.6) is 0 Å². The first kappa shape index (κ1) is 22.3. The molecule has 0 unspecified atom stereocenters. The van der Waals surface area contributed by atoms with Crippen molar-refractivity contribution in [2.24, 2.45) is 0 Å². The van der Waals surface area contributed by atoms with Gasteiger partial charge in [-0.3, -0.25) is 4.68 Å². The maximum Gasteiger partial charge on any atom is 0.433 e. The van der Waals surface area contributed by atoms with Gasteiger partial charge in [0.25, 0.3) is 0 Å². The molecule has 0 saturated carbocycles. The standard InChI is InChI=1S/C19H18ClF4N3O3/c1-3-29-9-12-16(15-13(20)5-4-6-14(15)21)26-30-17(12)11-7-25-27(8-10(2)28)18(11)19(22,23)24/h4-7,10,28H,3,8-9H2,1-2H3/t10-/m1/s1. The van der Waals surface area contributed by atoms with Gasteiger partial charge in [-0.05, 0) is 26.0 Å². The summed E-state index contributed by atoms with van der Waals surface area (Å²) < 4.78 is 67.1. The van der Waals surface area contributed by atoms with Gasteiger partial charge in [-0.1, -0.05) is 22.8 Å². The van der Waals surface area contributed by atoms with Crippen molar-refractivity contribution in [1.29, 1.82) is 0 Å². The fourth-order valence-corrected chi connectivity index (χ4v) is 3.27. The molecular weight excluding hydrogens is 430 g/mol. The molecule has 2 heterocycles. The number of alkyl halides is 3. The van der Waals surface area contributed by atoms with E-state index in [-0.39, 0.29) is 47.4 Å². The van der Waals surface area contributed by atoms with Gasteiger partial charge in [0, 0.05) is 6.61 Å². The van der Waals surface area contributed by atoms with Gasteiger partial charge in [-0.15, -0.1) is 0 Å². The molecule has 0 spiro atoms. The van der Waals surface area contributed by atoms with Crippen LogP contribution >= 0.6 is 11.6 Å². The molecule has 162 valence electrons. The maximum absolute atomic E-state index is 14.4. The average Bonchev–Trinajstić information content (AvgIpc) is 3.23. The number of nitrogens with zero attached hydrogens (tertiary/aromatic N) is 3. The number of hydrogen-bond donors (Lipinski definition) is 1. The maximum atomic E-state index is 14.4. The second-order valence-corrected chi connectivity index (χ2v) is 6.92. The molecule has 1 atom stereocenters. The zero-order valence-electron chi connectivity index (χ0n) is 16.0. The lowest BCUT2D eigenvalue weighted by atomic mass is 10.0. The van der Waals surface area contributed by atoms with Gasteiger partial charge in [0.15, 0.2) is 11.5 Å². The second-order valence-electron chi connectivity index (χ2n) is 6.51. The molecule has 2 aromatic heterocycles. The highest BCUT2D eigenvalue weighted by molar-refractivity contribution is 6.33. The molecule has 3 rings (SSSR count). The van der Waals surface area contributed by atoms with Crippen LogP contribution in [0.4, 0.5) is 17.6 Å². The lowest BCUT2D eigenvalue weighted by molar-refractivity contribution is -0.144. The van der Waals surface area contributed by atoms with E-state index in [2.05, 4.69) is 10.3 Å². The molecule has 1 N–H and O–H groups in total. The SMILES string of the molecule is CCOCc1c(-c2c(F)cccc2Cl)noc1-c1cnn(C[C@@H](C)O)c1C(F)(F)F. The van der Waals surface area contributed by atoms with E-state index in [1.165, 1.54) is 19.1 Å². The average molecular weight is 448 g/mol. The van der Waals surface area contributed by atoms with Crippen LogP contribution in [0.2, 0.25) is 5.02 Å². The first-order valence-electron chi connectivity index (χ1n) is 8.97. The van der Waals surface area contributed by atoms with Crippen molar-refractivity contribution in [2.45, 2.75) is 39.3 Å². The van der Waals surface area contributed by atoms with E-state index in [1.54, 1.807) is 6.92 Å². The molecule has 11 heteroatoms. The normalized spacial score (nSPS) is 13.1. The minimum atomic E-state index is -4.80. The molecule has 0 saturated heterocycles. The molecule has 0 aliphatic carbocycles. The Morgan fingerprint density at radius 2 is 2.07 bits per heavy atom. The first-order chi connectivity index (χ1) is 14.1. The Morgan fingerprint density at radius 1 is 1.33 bits per heavy atom. The molecule has 3 aromatic rings. The number of hydrogen-bond acceptors (Lipinski definition) is 5. The zero-order valence-corrected chi connectivity index (χ0v) is 16.8. The van der Waals surface area contributed by atoms with Gasteiger partial charge in [-0.25, -0.2) is 4.39 Å².